The van der Waals surface area contributed by atoms with Gasteiger partial charge in [0.25, 0.3) is 0 Å². The van der Waals surface area contributed by atoms with Gasteiger partial charge in [0.1, 0.15) is 0 Å². The van der Waals surface area contributed by atoms with Crippen molar-refractivity contribution in [2.24, 2.45) is 0 Å². The Morgan fingerprint density at radius 2 is 1.31 bits per heavy atom. The summed E-state index contributed by atoms with van der Waals surface area (Å²) in [4.78, 5) is 2.64. The monoisotopic (exact) mass is 526 g/mol. The van der Waals surface area contributed by atoms with Crippen LogP contribution in [0.1, 0.15) is 29.5 Å². The first-order chi connectivity index (χ1) is 17.1. The molecule has 0 amide bonds. The molecule has 36 heavy (non-hydrogen) atoms. The Labute approximate surface area is 215 Å². The van der Waals surface area contributed by atoms with E-state index in [1.807, 2.05) is 26.0 Å². The van der Waals surface area contributed by atoms with Crippen LogP contribution < -0.4 is 0 Å². The van der Waals surface area contributed by atoms with Crippen molar-refractivity contribution in [3.8, 4) is 0 Å². The van der Waals surface area contributed by atoms with Crippen LogP contribution >= 0.6 is 0 Å². The van der Waals surface area contributed by atoms with E-state index < -0.39 is 25.9 Å². The van der Waals surface area contributed by atoms with Gasteiger partial charge < -0.3 is 0 Å². The predicted molar refractivity (Wildman–Crippen MR) is 143 cm³/mol. The summed E-state index contributed by atoms with van der Waals surface area (Å²) < 4.78 is 55.5. The van der Waals surface area contributed by atoms with Crippen molar-refractivity contribution in [3.63, 3.8) is 0 Å². The highest BCUT2D eigenvalue weighted by Crippen LogP contribution is 2.24. The maximum absolute atomic E-state index is 13.6. The highest BCUT2D eigenvalue weighted by Gasteiger charge is 2.34. The van der Waals surface area contributed by atoms with Gasteiger partial charge in [0.15, 0.2) is 9.84 Å². The summed E-state index contributed by atoms with van der Waals surface area (Å²) in [5, 5.41) is 0. The van der Waals surface area contributed by atoms with Crippen LogP contribution in [0.5, 0.6) is 0 Å². The zero-order valence-electron chi connectivity index (χ0n) is 20.9. The minimum atomic E-state index is -3.76. The van der Waals surface area contributed by atoms with Gasteiger partial charge in [-0.05, 0) is 63.1 Å². The predicted octanol–water partition coefficient (Wildman–Crippen LogP) is 4.43. The highest BCUT2D eigenvalue weighted by molar-refractivity contribution is 7.91. The van der Waals surface area contributed by atoms with Gasteiger partial charge in [0, 0.05) is 25.7 Å². The smallest absolute Gasteiger partial charge is 0.243 e. The number of sulfone groups is 1. The van der Waals surface area contributed by atoms with Crippen molar-refractivity contribution in [1.29, 1.82) is 0 Å². The minimum absolute atomic E-state index is 0.119. The summed E-state index contributed by atoms with van der Waals surface area (Å²) in [5.41, 5.74) is 3.22. The molecule has 1 atom stereocenters. The molecule has 1 saturated heterocycles. The van der Waals surface area contributed by atoms with Crippen molar-refractivity contribution in [2.75, 3.05) is 25.4 Å². The molecule has 3 aromatic carbocycles. The molecule has 0 saturated carbocycles. The second kappa shape index (κ2) is 11.3. The van der Waals surface area contributed by atoms with Gasteiger partial charge in [-0.2, -0.15) is 4.31 Å². The van der Waals surface area contributed by atoms with Gasteiger partial charge >= 0.3 is 0 Å². The number of hydrogen-bond acceptors (Lipinski definition) is 5. The summed E-state index contributed by atoms with van der Waals surface area (Å²) >= 11 is 0. The Morgan fingerprint density at radius 3 is 1.94 bits per heavy atom. The van der Waals surface area contributed by atoms with Crippen LogP contribution in [0.4, 0.5) is 0 Å². The van der Waals surface area contributed by atoms with Crippen LogP contribution in [0.2, 0.25) is 0 Å². The molecule has 0 aliphatic carbocycles. The van der Waals surface area contributed by atoms with Crippen molar-refractivity contribution in [3.05, 3.63) is 95.6 Å². The summed E-state index contributed by atoms with van der Waals surface area (Å²) in [6.45, 7) is 5.71. The number of aryl methyl sites for hydroxylation is 2. The Hall–Kier alpha value is -2.52. The van der Waals surface area contributed by atoms with E-state index in [4.69, 9.17) is 0 Å². The summed E-state index contributed by atoms with van der Waals surface area (Å²) in [6.07, 6.45) is 1.50. The lowest BCUT2D eigenvalue weighted by molar-refractivity contribution is 0.155. The standard InChI is InChI=1S/C28H34N2O4S2/c1-23-10-14-25(15-11-23)20-29-18-6-7-19-30(36(33,34)28-16-12-24(2)13-17-28)21-26(29)22-35(31,32)27-8-4-3-5-9-27/h3-5,8-17,26H,6-7,18-22H2,1-2H3. The summed E-state index contributed by atoms with van der Waals surface area (Å²) in [7, 11) is -7.38. The van der Waals surface area contributed by atoms with Crippen LogP contribution in [0.25, 0.3) is 0 Å². The lowest BCUT2D eigenvalue weighted by atomic mass is 10.1. The summed E-state index contributed by atoms with van der Waals surface area (Å²) in [5.74, 6) is -0.150. The largest absolute Gasteiger partial charge is 0.294 e. The number of rotatable bonds is 7. The van der Waals surface area contributed by atoms with Crippen LogP contribution in [0, 0.1) is 13.8 Å². The highest BCUT2D eigenvalue weighted by atomic mass is 32.2. The fraction of sp³-hybridized carbons (Fsp3) is 0.357. The Morgan fingerprint density at radius 1 is 0.722 bits per heavy atom. The summed E-state index contributed by atoms with van der Waals surface area (Å²) in [6, 6.07) is 23.0. The molecule has 8 heteroatoms. The second-order valence-corrected chi connectivity index (χ2v) is 13.6. The molecule has 1 unspecified atom stereocenters. The third kappa shape index (κ3) is 6.42. The van der Waals surface area contributed by atoms with E-state index in [1.165, 1.54) is 4.31 Å². The topological polar surface area (TPSA) is 74.8 Å². The molecule has 1 fully saturated rings. The molecule has 1 aliphatic heterocycles. The van der Waals surface area contributed by atoms with Gasteiger partial charge in [-0.25, -0.2) is 16.8 Å². The Balaban J connectivity index is 1.68. The van der Waals surface area contributed by atoms with E-state index in [-0.39, 0.29) is 22.1 Å². The molecule has 0 spiro atoms. The quantitative estimate of drug-likeness (QED) is 0.455. The molecule has 1 heterocycles. The molecular formula is C28H34N2O4S2. The number of hydrogen-bond donors (Lipinski definition) is 0. The molecule has 4 rings (SSSR count). The molecule has 192 valence electrons. The second-order valence-electron chi connectivity index (χ2n) is 9.59. The van der Waals surface area contributed by atoms with E-state index >= 15 is 0 Å². The van der Waals surface area contributed by atoms with Crippen molar-refractivity contribution in [1.82, 2.24) is 9.21 Å². The van der Waals surface area contributed by atoms with E-state index in [0.717, 1.165) is 23.1 Å². The molecular weight excluding hydrogens is 492 g/mol. The van der Waals surface area contributed by atoms with Gasteiger partial charge in [0.2, 0.25) is 10.0 Å². The molecule has 0 radical (unpaired) electrons. The van der Waals surface area contributed by atoms with Gasteiger partial charge in [0.05, 0.1) is 15.5 Å². The lowest BCUT2D eigenvalue weighted by Gasteiger charge is -2.37. The van der Waals surface area contributed by atoms with Crippen molar-refractivity contribution < 1.29 is 16.8 Å². The molecule has 0 aromatic heterocycles. The minimum Gasteiger partial charge on any atom is -0.294 e. The normalized spacial score (nSPS) is 18.4. The molecule has 3 aromatic rings. The molecule has 1 aliphatic rings. The Kier molecular flexibility index (Phi) is 8.30. The van der Waals surface area contributed by atoms with Crippen molar-refractivity contribution >= 4 is 19.9 Å². The zero-order valence-corrected chi connectivity index (χ0v) is 22.5. The van der Waals surface area contributed by atoms with E-state index in [9.17, 15) is 16.8 Å². The van der Waals surface area contributed by atoms with E-state index in [2.05, 4.69) is 17.0 Å². The van der Waals surface area contributed by atoms with Gasteiger partial charge in [-0.15, -0.1) is 0 Å². The van der Waals surface area contributed by atoms with Crippen LogP contribution in [0.3, 0.4) is 0 Å². The molecule has 0 N–H and O–H groups in total. The first-order valence-corrected chi connectivity index (χ1v) is 15.4. The third-order valence-corrected chi connectivity index (χ3v) is 10.4. The van der Waals surface area contributed by atoms with E-state index in [0.29, 0.717) is 26.1 Å². The van der Waals surface area contributed by atoms with Crippen LogP contribution in [0.15, 0.2) is 88.7 Å². The first kappa shape index (κ1) is 26.5. The first-order valence-electron chi connectivity index (χ1n) is 12.3. The fourth-order valence-corrected chi connectivity index (χ4v) is 7.68. The maximum Gasteiger partial charge on any atom is 0.243 e. The molecule has 6 nitrogen and oxygen atoms in total. The van der Waals surface area contributed by atoms with Crippen LogP contribution in [-0.2, 0) is 26.4 Å². The zero-order chi connectivity index (χ0) is 25.8. The average molecular weight is 527 g/mol. The number of benzene rings is 3. The lowest BCUT2D eigenvalue weighted by Crippen LogP contribution is -2.51. The van der Waals surface area contributed by atoms with Crippen molar-refractivity contribution in [2.45, 2.75) is 49.1 Å². The van der Waals surface area contributed by atoms with Crippen LogP contribution in [-0.4, -0.2) is 57.5 Å². The fourth-order valence-electron chi connectivity index (χ4n) is 4.58. The Bertz CT molecular complexity index is 1360. The third-order valence-electron chi connectivity index (χ3n) is 6.71. The number of sulfonamides is 1. The van der Waals surface area contributed by atoms with Gasteiger partial charge in [-0.3, -0.25) is 4.90 Å². The maximum atomic E-state index is 13.6. The van der Waals surface area contributed by atoms with Gasteiger partial charge in [-0.1, -0.05) is 65.7 Å². The van der Waals surface area contributed by atoms with E-state index in [1.54, 1.807) is 54.6 Å². The number of nitrogens with zero attached hydrogens (tertiary/aromatic N) is 2. The molecule has 0 bridgehead atoms. The SMILES string of the molecule is Cc1ccc(CN2CCCCN(S(=O)(=O)c3ccc(C)cc3)CC2CS(=O)(=O)c2ccccc2)cc1. The average Bonchev–Trinajstić information content (AvgIpc) is 2.85.